The third-order valence-corrected chi connectivity index (χ3v) is 1.49. The van der Waals surface area contributed by atoms with Crippen LogP contribution >= 0.6 is 0 Å². The van der Waals surface area contributed by atoms with Crippen LogP contribution in [-0.4, -0.2) is 13.7 Å². The van der Waals surface area contributed by atoms with Crippen molar-refractivity contribution in [2.75, 3.05) is 13.7 Å². The molecule has 54 valence electrons. The van der Waals surface area contributed by atoms with Crippen LogP contribution in [0.15, 0.2) is 11.6 Å². The topological polar surface area (TPSA) is 9.23 Å². The highest BCUT2D eigenvalue weighted by atomic mass is 16.5. The lowest BCUT2D eigenvalue weighted by Gasteiger charge is -2.00. The van der Waals surface area contributed by atoms with Crippen LogP contribution in [0.4, 0.5) is 0 Å². The van der Waals surface area contributed by atoms with Gasteiger partial charge in [-0.1, -0.05) is 18.6 Å². The summed E-state index contributed by atoms with van der Waals surface area (Å²) in [7, 11) is 1.74. The van der Waals surface area contributed by atoms with Gasteiger partial charge in [-0.25, -0.2) is 0 Å². The summed E-state index contributed by atoms with van der Waals surface area (Å²) in [5.41, 5.74) is 1.48. The predicted octanol–water partition coefficient (Wildman–Crippen LogP) is 2.38. The van der Waals surface area contributed by atoms with Gasteiger partial charge < -0.3 is 4.74 Å². The summed E-state index contributed by atoms with van der Waals surface area (Å²) in [6, 6.07) is 0. The van der Waals surface area contributed by atoms with E-state index in [1.54, 1.807) is 7.11 Å². The second-order valence-corrected chi connectivity index (χ2v) is 2.04. The van der Waals surface area contributed by atoms with E-state index in [1.165, 1.54) is 5.57 Å². The van der Waals surface area contributed by atoms with Gasteiger partial charge in [-0.05, 0) is 19.8 Å². The molecule has 0 unspecified atom stereocenters. The lowest BCUT2D eigenvalue weighted by molar-refractivity contribution is 0.201. The summed E-state index contributed by atoms with van der Waals surface area (Å²) in [4.78, 5) is 0. The van der Waals surface area contributed by atoms with E-state index >= 15 is 0 Å². The third kappa shape index (κ3) is 4.22. The van der Waals surface area contributed by atoms with E-state index in [4.69, 9.17) is 4.74 Å². The van der Waals surface area contributed by atoms with E-state index in [0.717, 1.165) is 19.4 Å². The molecule has 0 saturated heterocycles. The van der Waals surface area contributed by atoms with E-state index in [2.05, 4.69) is 19.9 Å². The van der Waals surface area contributed by atoms with Crippen LogP contribution in [0, 0.1) is 0 Å². The molecule has 0 aromatic rings. The minimum atomic E-state index is 0.855. The zero-order chi connectivity index (χ0) is 7.11. The van der Waals surface area contributed by atoms with Crippen LogP contribution in [0.25, 0.3) is 0 Å². The standard InChI is InChI=1S/C8H16O/c1-4-8(5-2)6-7-9-3/h4H,5-7H2,1-3H3/b8-4+. The summed E-state index contributed by atoms with van der Waals surface area (Å²) in [6.45, 7) is 5.10. The van der Waals surface area contributed by atoms with Crippen molar-refractivity contribution in [1.82, 2.24) is 0 Å². The Morgan fingerprint density at radius 1 is 1.56 bits per heavy atom. The molecule has 0 bridgehead atoms. The first-order valence-electron chi connectivity index (χ1n) is 3.48. The summed E-state index contributed by atoms with van der Waals surface area (Å²) in [6.07, 6.45) is 4.41. The summed E-state index contributed by atoms with van der Waals surface area (Å²) >= 11 is 0. The van der Waals surface area contributed by atoms with Crippen molar-refractivity contribution in [3.8, 4) is 0 Å². The molecular formula is C8H16O. The molecule has 0 spiro atoms. The van der Waals surface area contributed by atoms with Crippen LogP contribution < -0.4 is 0 Å². The maximum absolute atomic E-state index is 4.94. The Kier molecular flexibility index (Phi) is 5.64. The molecule has 0 saturated carbocycles. The first kappa shape index (κ1) is 8.70. The van der Waals surface area contributed by atoms with E-state index in [1.807, 2.05) is 0 Å². The fraction of sp³-hybridized carbons (Fsp3) is 0.750. The van der Waals surface area contributed by atoms with Crippen molar-refractivity contribution in [3.63, 3.8) is 0 Å². The molecule has 0 atom stereocenters. The first-order valence-corrected chi connectivity index (χ1v) is 3.48. The second-order valence-electron chi connectivity index (χ2n) is 2.04. The highest BCUT2D eigenvalue weighted by molar-refractivity contribution is 4.98. The second kappa shape index (κ2) is 5.83. The zero-order valence-corrected chi connectivity index (χ0v) is 6.61. The summed E-state index contributed by atoms with van der Waals surface area (Å²) < 4.78 is 4.94. The molecular weight excluding hydrogens is 112 g/mol. The van der Waals surface area contributed by atoms with Crippen LogP contribution in [-0.2, 0) is 4.74 Å². The van der Waals surface area contributed by atoms with Gasteiger partial charge >= 0.3 is 0 Å². The Morgan fingerprint density at radius 2 is 2.22 bits per heavy atom. The van der Waals surface area contributed by atoms with Crippen molar-refractivity contribution in [2.45, 2.75) is 26.7 Å². The van der Waals surface area contributed by atoms with Gasteiger partial charge in [0, 0.05) is 13.7 Å². The molecule has 0 heterocycles. The van der Waals surface area contributed by atoms with Gasteiger partial charge in [0.1, 0.15) is 0 Å². The average Bonchev–Trinajstić information content (AvgIpc) is 1.91. The Morgan fingerprint density at radius 3 is 2.56 bits per heavy atom. The molecule has 0 fully saturated rings. The number of methoxy groups -OCH3 is 1. The van der Waals surface area contributed by atoms with Gasteiger partial charge in [0.05, 0.1) is 0 Å². The Hall–Kier alpha value is -0.300. The van der Waals surface area contributed by atoms with Crippen molar-refractivity contribution in [2.24, 2.45) is 0 Å². The van der Waals surface area contributed by atoms with Crippen LogP contribution in [0.3, 0.4) is 0 Å². The number of ether oxygens (including phenoxy) is 1. The smallest absolute Gasteiger partial charge is 0.0499 e. The van der Waals surface area contributed by atoms with Crippen molar-refractivity contribution in [1.29, 1.82) is 0 Å². The van der Waals surface area contributed by atoms with Crippen molar-refractivity contribution >= 4 is 0 Å². The van der Waals surface area contributed by atoms with Gasteiger partial charge in [0.2, 0.25) is 0 Å². The third-order valence-electron chi connectivity index (χ3n) is 1.49. The lowest BCUT2D eigenvalue weighted by Crippen LogP contribution is -1.90. The number of hydrogen-bond acceptors (Lipinski definition) is 1. The van der Waals surface area contributed by atoms with Gasteiger partial charge in [0.15, 0.2) is 0 Å². The minimum Gasteiger partial charge on any atom is -0.384 e. The molecule has 0 rings (SSSR count). The van der Waals surface area contributed by atoms with Gasteiger partial charge in [-0.3, -0.25) is 0 Å². The zero-order valence-electron chi connectivity index (χ0n) is 6.61. The maximum atomic E-state index is 4.94. The van der Waals surface area contributed by atoms with E-state index < -0.39 is 0 Å². The van der Waals surface area contributed by atoms with E-state index in [9.17, 15) is 0 Å². The predicted molar refractivity (Wildman–Crippen MR) is 40.5 cm³/mol. The highest BCUT2D eigenvalue weighted by Gasteiger charge is 1.89. The molecule has 0 aliphatic rings. The van der Waals surface area contributed by atoms with E-state index in [-0.39, 0.29) is 0 Å². The Labute approximate surface area is 57.7 Å². The van der Waals surface area contributed by atoms with Crippen LogP contribution in [0.1, 0.15) is 26.7 Å². The average molecular weight is 128 g/mol. The number of hydrogen-bond donors (Lipinski definition) is 0. The SMILES string of the molecule is C/C=C(\CC)CCOC. The Bertz CT molecular complexity index is 84.6. The monoisotopic (exact) mass is 128 g/mol. The van der Waals surface area contributed by atoms with Gasteiger partial charge in [-0.15, -0.1) is 0 Å². The fourth-order valence-corrected chi connectivity index (χ4v) is 0.758. The first-order chi connectivity index (χ1) is 4.35. The van der Waals surface area contributed by atoms with Crippen molar-refractivity contribution in [3.05, 3.63) is 11.6 Å². The number of allylic oxidation sites excluding steroid dienone is 1. The summed E-state index contributed by atoms with van der Waals surface area (Å²) in [5, 5.41) is 0. The quantitative estimate of drug-likeness (QED) is 0.528. The lowest BCUT2D eigenvalue weighted by atomic mass is 10.1. The highest BCUT2D eigenvalue weighted by Crippen LogP contribution is 2.04. The molecule has 0 amide bonds. The van der Waals surface area contributed by atoms with Crippen LogP contribution in [0.5, 0.6) is 0 Å². The largest absolute Gasteiger partial charge is 0.384 e. The molecule has 9 heavy (non-hydrogen) atoms. The molecule has 0 aliphatic carbocycles. The molecule has 0 aromatic heterocycles. The van der Waals surface area contributed by atoms with E-state index in [0.29, 0.717) is 0 Å². The molecule has 0 radical (unpaired) electrons. The molecule has 1 nitrogen and oxygen atoms in total. The molecule has 0 aliphatic heterocycles. The molecule has 0 aromatic carbocycles. The summed E-state index contributed by atoms with van der Waals surface area (Å²) in [5.74, 6) is 0. The Balaban J connectivity index is 3.33. The minimum absolute atomic E-state index is 0.855. The molecule has 1 heteroatoms. The van der Waals surface area contributed by atoms with Gasteiger partial charge in [-0.2, -0.15) is 0 Å². The normalized spacial score (nSPS) is 12.1. The van der Waals surface area contributed by atoms with Crippen LogP contribution in [0.2, 0.25) is 0 Å². The maximum Gasteiger partial charge on any atom is 0.0499 e. The fourth-order valence-electron chi connectivity index (χ4n) is 0.758. The van der Waals surface area contributed by atoms with Crippen molar-refractivity contribution < 1.29 is 4.74 Å². The van der Waals surface area contributed by atoms with Gasteiger partial charge in [0.25, 0.3) is 0 Å². The number of rotatable bonds is 4. The molecule has 0 N–H and O–H groups in total.